The van der Waals surface area contributed by atoms with E-state index in [2.05, 4.69) is 141 Å². The summed E-state index contributed by atoms with van der Waals surface area (Å²) < 4.78 is 6.30. The van der Waals surface area contributed by atoms with E-state index >= 15 is 0 Å². The van der Waals surface area contributed by atoms with Crippen LogP contribution in [0.2, 0.25) is 0 Å². The summed E-state index contributed by atoms with van der Waals surface area (Å²) in [6.07, 6.45) is 0. The van der Waals surface area contributed by atoms with Gasteiger partial charge in [-0.05, 0) is 62.9 Å². The lowest BCUT2D eigenvalue weighted by atomic mass is 9.88. The third kappa shape index (κ3) is 4.28. The Kier molecular flexibility index (Phi) is 6.71. The summed E-state index contributed by atoms with van der Waals surface area (Å²) in [5.74, 6) is 1.31. The third-order valence-corrected chi connectivity index (χ3v) is 9.77. The number of methoxy groups -OCH3 is 1. The van der Waals surface area contributed by atoms with Gasteiger partial charge in [-0.15, -0.1) is 0 Å². The molecule has 186 valence electrons. The molecule has 0 bridgehead atoms. The molecule has 0 aliphatic heterocycles. The molecule has 2 heteroatoms. The second kappa shape index (κ2) is 10.4. The van der Waals surface area contributed by atoms with Crippen molar-refractivity contribution in [3.63, 3.8) is 0 Å². The summed E-state index contributed by atoms with van der Waals surface area (Å²) in [5.41, 5.74) is 3.71. The van der Waals surface area contributed by atoms with Gasteiger partial charge in [-0.3, -0.25) is 0 Å². The second-order valence-electron chi connectivity index (χ2n) is 9.94. The van der Waals surface area contributed by atoms with Crippen molar-refractivity contribution in [1.82, 2.24) is 0 Å². The molecule has 0 aliphatic carbocycles. The van der Waals surface area contributed by atoms with Gasteiger partial charge >= 0.3 is 0 Å². The molecule has 1 nitrogen and oxygen atoms in total. The molecule has 0 unspecified atom stereocenters. The average molecular weight is 511 g/mol. The molecule has 0 saturated heterocycles. The van der Waals surface area contributed by atoms with Crippen LogP contribution in [0.1, 0.15) is 25.3 Å². The number of rotatable bonds is 6. The fourth-order valence-electron chi connectivity index (χ4n) is 5.54. The van der Waals surface area contributed by atoms with Crippen LogP contribution in [0.3, 0.4) is 0 Å². The van der Waals surface area contributed by atoms with Gasteiger partial charge in [0.1, 0.15) is 5.75 Å². The number of hydrogen-bond donors (Lipinski definition) is 0. The molecule has 0 atom stereocenters. The van der Waals surface area contributed by atoms with Gasteiger partial charge in [0.05, 0.1) is 7.11 Å². The summed E-state index contributed by atoms with van der Waals surface area (Å²) in [6.45, 7) is 4.50. The maximum Gasteiger partial charge on any atom is 0.130 e. The molecule has 6 aromatic rings. The third-order valence-electron chi connectivity index (χ3n) is 7.28. The van der Waals surface area contributed by atoms with Gasteiger partial charge in [-0.25, -0.2) is 0 Å². The minimum atomic E-state index is -0.817. The van der Waals surface area contributed by atoms with Crippen molar-refractivity contribution in [3.8, 4) is 16.9 Å². The lowest BCUT2D eigenvalue weighted by Crippen LogP contribution is -2.22. The summed E-state index contributed by atoms with van der Waals surface area (Å²) in [4.78, 5) is 0. The van der Waals surface area contributed by atoms with Gasteiger partial charge in [0.15, 0.2) is 0 Å². The van der Waals surface area contributed by atoms with E-state index in [1.807, 2.05) is 7.11 Å². The zero-order chi connectivity index (χ0) is 26.1. The molecular formula is C36H31OP. The molecule has 0 aromatic heterocycles. The normalized spacial score (nSPS) is 11.5. The molecule has 38 heavy (non-hydrogen) atoms. The van der Waals surface area contributed by atoms with Crippen molar-refractivity contribution >= 4 is 45.4 Å². The molecule has 0 saturated carbocycles. The molecular weight excluding hydrogens is 479 g/mol. The summed E-state index contributed by atoms with van der Waals surface area (Å²) >= 11 is 0. The Bertz CT molecular complexity index is 1680. The first kappa shape index (κ1) is 24.4. The highest BCUT2D eigenvalue weighted by atomic mass is 31.1. The van der Waals surface area contributed by atoms with Crippen LogP contribution < -0.4 is 20.7 Å². The molecule has 0 aliphatic rings. The minimum Gasteiger partial charge on any atom is -0.496 e. The number of fused-ring (bicyclic) bond motifs is 2. The van der Waals surface area contributed by atoms with E-state index in [0.29, 0.717) is 5.92 Å². The van der Waals surface area contributed by atoms with Crippen LogP contribution in [0.15, 0.2) is 127 Å². The van der Waals surface area contributed by atoms with Gasteiger partial charge < -0.3 is 4.74 Å². The number of ether oxygens (including phenoxy) is 1. The van der Waals surface area contributed by atoms with Crippen LogP contribution >= 0.6 is 7.92 Å². The van der Waals surface area contributed by atoms with E-state index in [0.717, 1.165) is 5.75 Å². The van der Waals surface area contributed by atoms with Crippen molar-refractivity contribution in [3.05, 3.63) is 133 Å². The summed E-state index contributed by atoms with van der Waals surface area (Å²) in [6, 6.07) is 46.4. The van der Waals surface area contributed by atoms with Crippen LogP contribution in [0.4, 0.5) is 0 Å². The van der Waals surface area contributed by atoms with Crippen LogP contribution in [-0.4, -0.2) is 7.11 Å². The van der Waals surface area contributed by atoms with Gasteiger partial charge in [-0.2, -0.15) is 0 Å². The first-order valence-corrected chi connectivity index (χ1v) is 14.5. The Hall–Kier alpha value is -3.93. The molecule has 6 aromatic carbocycles. The summed E-state index contributed by atoms with van der Waals surface area (Å²) in [7, 11) is 1.00. The summed E-state index contributed by atoms with van der Waals surface area (Å²) in [5, 5.41) is 9.00. The van der Waals surface area contributed by atoms with Crippen LogP contribution in [0.25, 0.3) is 32.7 Å². The van der Waals surface area contributed by atoms with Gasteiger partial charge in [-0.1, -0.05) is 135 Å². The highest BCUT2D eigenvalue weighted by Gasteiger charge is 2.26. The lowest BCUT2D eigenvalue weighted by molar-refractivity contribution is 0.410. The van der Waals surface area contributed by atoms with Crippen LogP contribution in [-0.2, 0) is 0 Å². The zero-order valence-corrected chi connectivity index (χ0v) is 23.0. The second-order valence-corrected chi connectivity index (χ2v) is 12.1. The zero-order valence-electron chi connectivity index (χ0n) is 22.1. The maximum atomic E-state index is 6.30. The highest BCUT2D eigenvalue weighted by molar-refractivity contribution is 7.80. The highest BCUT2D eigenvalue weighted by Crippen LogP contribution is 2.47. The SMILES string of the molecule is COc1c(C(C)C)cc2ccccc2c1-c1c(P(c2ccccc2)c2ccccc2)ccc2ccccc12. The van der Waals surface area contributed by atoms with E-state index in [9.17, 15) is 0 Å². The van der Waals surface area contributed by atoms with Gasteiger partial charge in [0.25, 0.3) is 0 Å². The fraction of sp³-hybridized carbons (Fsp3) is 0.111. The average Bonchev–Trinajstić information content (AvgIpc) is 2.97. The molecule has 0 amide bonds. The van der Waals surface area contributed by atoms with Crippen LogP contribution in [0.5, 0.6) is 5.75 Å². The first-order valence-electron chi connectivity index (χ1n) is 13.2. The molecule has 0 N–H and O–H groups in total. The molecule has 0 heterocycles. The first-order chi connectivity index (χ1) is 18.7. The monoisotopic (exact) mass is 510 g/mol. The molecule has 6 rings (SSSR count). The molecule has 0 fully saturated rings. The maximum absolute atomic E-state index is 6.30. The topological polar surface area (TPSA) is 9.23 Å². The lowest BCUT2D eigenvalue weighted by Gasteiger charge is -2.26. The predicted octanol–water partition coefficient (Wildman–Crippen LogP) is 8.55. The van der Waals surface area contributed by atoms with Crippen molar-refractivity contribution in [2.45, 2.75) is 19.8 Å². The minimum absolute atomic E-state index is 0.330. The quantitative estimate of drug-likeness (QED) is 0.204. The Labute approximate surface area is 226 Å². The van der Waals surface area contributed by atoms with E-state index in [1.165, 1.54) is 54.1 Å². The van der Waals surface area contributed by atoms with Gasteiger partial charge in [0, 0.05) is 11.1 Å². The van der Waals surface area contributed by atoms with Crippen molar-refractivity contribution < 1.29 is 4.74 Å². The van der Waals surface area contributed by atoms with Crippen LogP contribution in [0, 0.1) is 0 Å². The largest absolute Gasteiger partial charge is 0.496 e. The number of hydrogen-bond acceptors (Lipinski definition) is 1. The predicted molar refractivity (Wildman–Crippen MR) is 166 cm³/mol. The van der Waals surface area contributed by atoms with Crippen molar-refractivity contribution in [1.29, 1.82) is 0 Å². The van der Waals surface area contributed by atoms with E-state index in [1.54, 1.807) is 0 Å². The Morgan fingerprint density at radius 3 is 1.66 bits per heavy atom. The number of benzene rings is 6. The Morgan fingerprint density at radius 2 is 1.08 bits per heavy atom. The Morgan fingerprint density at radius 1 is 0.553 bits per heavy atom. The Balaban J connectivity index is 1.80. The molecule has 0 radical (unpaired) electrons. The van der Waals surface area contributed by atoms with E-state index in [4.69, 9.17) is 4.74 Å². The van der Waals surface area contributed by atoms with Gasteiger partial charge in [0.2, 0.25) is 0 Å². The fourth-order valence-corrected chi connectivity index (χ4v) is 8.01. The van der Waals surface area contributed by atoms with Crippen molar-refractivity contribution in [2.24, 2.45) is 0 Å². The molecule has 0 spiro atoms. The standard InChI is InChI=1S/C36H31OP/c1-25(2)32-24-27-15-11-13-21-31(27)35(36(32)37-3)34-30-20-12-10-14-26(30)22-23-33(34)38(28-16-6-4-7-17-28)29-18-8-5-9-19-29/h4-25H,1-3H3. The van der Waals surface area contributed by atoms with E-state index < -0.39 is 7.92 Å². The van der Waals surface area contributed by atoms with Crippen molar-refractivity contribution in [2.75, 3.05) is 7.11 Å². The smallest absolute Gasteiger partial charge is 0.130 e. The van der Waals surface area contributed by atoms with E-state index in [-0.39, 0.29) is 0 Å².